The zero-order valence-electron chi connectivity index (χ0n) is 12.4. The molecule has 0 fully saturated rings. The normalized spacial score (nSPS) is 12.0. The van der Waals surface area contributed by atoms with Crippen molar-refractivity contribution >= 4 is 17.8 Å². The van der Waals surface area contributed by atoms with Crippen LogP contribution in [-0.4, -0.2) is 37.6 Å². The van der Waals surface area contributed by atoms with Gasteiger partial charge in [-0.3, -0.25) is 9.59 Å². The molecule has 0 saturated heterocycles. The Morgan fingerprint density at radius 3 is 2.48 bits per heavy atom. The van der Waals surface area contributed by atoms with Crippen molar-refractivity contribution in [2.75, 3.05) is 13.7 Å². The van der Waals surface area contributed by atoms with E-state index < -0.39 is 18.0 Å². The molecular weight excluding hydrogens is 274 g/mol. The van der Waals surface area contributed by atoms with Gasteiger partial charge in [-0.05, 0) is 12.0 Å². The highest BCUT2D eigenvalue weighted by atomic mass is 16.5. The van der Waals surface area contributed by atoms with E-state index in [0.717, 1.165) is 0 Å². The van der Waals surface area contributed by atoms with Crippen molar-refractivity contribution in [2.45, 2.75) is 25.8 Å². The molecule has 6 heteroatoms. The van der Waals surface area contributed by atoms with Crippen LogP contribution in [0.15, 0.2) is 37.0 Å². The van der Waals surface area contributed by atoms with Crippen molar-refractivity contribution in [3.8, 4) is 0 Å². The van der Waals surface area contributed by atoms with Crippen LogP contribution in [0, 0.1) is 0 Å². The van der Waals surface area contributed by atoms with E-state index in [4.69, 9.17) is 4.74 Å². The van der Waals surface area contributed by atoms with E-state index >= 15 is 0 Å². The Balaban J connectivity index is 0. The van der Waals surface area contributed by atoms with E-state index in [1.165, 1.54) is 14.0 Å². The minimum absolute atomic E-state index is 0. The molecule has 0 aliphatic heterocycles. The highest BCUT2D eigenvalue weighted by molar-refractivity contribution is 5.83. The summed E-state index contributed by atoms with van der Waals surface area (Å²) in [6.45, 7) is 8.48. The molecule has 0 bridgehead atoms. The lowest BCUT2D eigenvalue weighted by molar-refractivity contribution is -0.146. The lowest BCUT2D eigenvalue weighted by Crippen LogP contribution is -2.40. The van der Waals surface area contributed by atoms with Crippen molar-refractivity contribution in [3.05, 3.63) is 37.0 Å². The number of nitrogens with one attached hydrogen (secondary N) is 1. The summed E-state index contributed by atoms with van der Waals surface area (Å²) in [5.41, 5.74) is 0.713. The van der Waals surface area contributed by atoms with Gasteiger partial charge in [-0.2, -0.15) is 0 Å². The Labute approximate surface area is 126 Å². The van der Waals surface area contributed by atoms with Gasteiger partial charge < -0.3 is 14.8 Å². The molecule has 0 rings (SSSR count). The Morgan fingerprint density at radius 1 is 1.33 bits per heavy atom. The molecule has 0 aromatic heterocycles. The van der Waals surface area contributed by atoms with Gasteiger partial charge in [-0.25, -0.2) is 4.79 Å². The first kappa shape index (κ1) is 18.6. The summed E-state index contributed by atoms with van der Waals surface area (Å²) in [5.74, 6) is -1.45. The molecule has 0 heterocycles. The summed E-state index contributed by atoms with van der Waals surface area (Å²) >= 11 is 0. The largest absolute Gasteiger partial charge is 0.467 e. The van der Waals surface area contributed by atoms with Crippen molar-refractivity contribution in [3.63, 3.8) is 0 Å². The topological polar surface area (TPSA) is 81.7 Å². The molecule has 1 amide bonds. The Hall–Kier alpha value is -2.37. The maximum atomic E-state index is 11.6. The van der Waals surface area contributed by atoms with E-state index in [-0.39, 0.29) is 26.8 Å². The monoisotopic (exact) mass is 297 g/mol. The molecule has 0 radical (unpaired) electrons. The van der Waals surface area contributed by atoms with Crippen molar-refractivity contribution in [2.24, 2.45) is 0 Å². The number of carbonyl (C=O) groups excluding carboxylic acids is 3. The highest BCUT2D eigenvalue weighted by Gasteiger charge is 2.21. The Bertz CT molecular complexity index is 445. The van der Waals surface area contributed by atoms with Crippen LogP contribution in [0.5, 0.6) is 0 Å². The Kier molecular flexibility index (Phi) is 9.25. The van der Waals surface area contributed by atoms with Gasteiger partial charge in [0.15, 0.2) is 0 Å². The summed E-state index contributed by atoms with van der Waals surface area (Å²) in [6, 6.07) is -0.859. The standard InChI is InChI=1S/C15H21NO5.H2/c1-5-7-12(6-2)10-21-14(18)9-8-13(15(19)20-4)16-11(3)17;/h5-7,13H,1-2,8-10H2,3-4H3,(H,16,17);1H/b12-7+;/t13-;/m1./s1. The molecule has 0 aliphatic rings. The van der Waals surface area contributed by atoms with Gasteiger partial charge in [0.2, 0.25) is 5.91 Å². The second-order valence-electron chi connectivity index (χ2n) is 4.16. The summed E-state index contributed by atoms with van der Waals surface area (Å²) in [5, 5.41) is 2.42. The van der Waals surface area contributed by atoms with Gasteiger partial charge in [0.1, 0.15) is 12.6 Å². The predicted molar refractivity (Wildman–Crippen MR) is 80.4 cm³/mol. The molecule has 21 heavy (non-hydrogen) atoms. The molecule has 6 nitrogen and oxygen atoms in total. The van der Waals surface area contributed by atoms with Gasteiger partial charge in [0.05, 0.1) is 7.11 Å². The van der Waals surface area contributed by atoms with E-state index in [2.05, 4.69) is 23.2 Å². The van der Waals surface area contributed by atoms with E-state index in [1.807, 2.05) is 0 Å². The van der Waals surface area contributed by atoms with Gasteiger partial charge in [-0.1, -0.05) is 31.4 Å². The van der Waals surface area contributed by atoms with Gasteiger partial charge in [0, 0.05) is 14.8 Å². The first-order valence-corrected chi connectivity index (χ1v) is 6.39. The maximum absolute atomic E-state index is 11.6. The van der Waals surface area contributed by atoms with Crippen molar-refractivity contribution in [1.82, 2.24) is 5.32 Å². The highest BCUT2D eigenvalue weighted by Crippen LogP contribution is 2.04. The summed E-state index contributed by atoms with van der Waals surface area (Å²) in [4.78, 5) is 34.0. The molecule has 0 spiro atoms. The third kappa shape index (κ3) is 8.41. The average molecular weight is 297 g/mol. The smallest absolute Gasteiger partial charge is 0.328 e. The van der Waals surface area contributed by atoms with Crippen LogP contribution < -0.4 is 5.32 Å². The summed E-state index contributed by atoms with van der Waals surface area (Å²) in [6.07, 6.45) is 4.89. The SMILES string of the molecule is C=C/C=C(\C=C)COC(=O)CC[C@@H](NC(C)=O)C(=O)OC.[HH]. The number of methoxy groups -OCH3 is 1. The number of rotatable bonds is 9. The number of hydrogen-bond donors (Lipinski definition) is 1. The molecule has 0 aromatic carbocycles. The van der Waals surface area contributed by atoms with Crippen LogP contribution in [0.4, 0.5) is 0 Å². The molecule has 0 unspecified atom stereocenters. The lowest BCUT2D eigenvalue weighted by Gasteiger charge is -2.14. The predicted octanol–water partition coefficient (Wildman–Crippen LogP) is 1.53. The molecule has 0 saturated carbocycles. The molecule has 1 atom stereocenters. The van der Waals surface area contributed by atoms with E-state index in [9.17, 15) is 14.4 Å². The van der Waals surface area contributed by atoms with Crippen molar-refractivity contribution < 1.29 is 25.3 Å². The summed E-state index contributed by atoms with van der Waals surface area (Å²) in [7, 11) is 1.21. The third-order valence-electron chi connectivity index (χ3n) is 2.49. The summed E-state index contributed by atoms with van der Waals surface area (Å²) < 4.78 is 9.58. The maximum Gasteiger partial charge on any atom is 0.328 e. The number of hydrogen-bond acceptors (Lipinski definition) is 5. The fourth-order valence-electron chi connectivity index (χ4n) is 1.46. The minimum atomic E-state index is -0.859. The van der Waals surface area contributed by atoms with Crippen LogP contribution in [0.3, 0.4) is 0 Å². The fourth-order valence-corrected chi connectivity index (χ4v) is 1.46. The molecule has 0 aliphatic carbocycles. The van der Waals surface area contributed by atoms with Gasteiger partial charge in [-0.15, -0.1) is 0 Å². The lowest BCUT2D eigenvalue weighted by atomic mass is 10.1. The van der Waals surface area contributed by atoms with Crippen LogP contribution in [0.1, 0.15) is 21.2 Å². The molecular formula is C15H23NO5. The average Bonchev–Trinajstić information content (AvgIpc) is 2.46. The van der Waals surface area contributed by atoms with Crippen LogP contribution in [0.25, 0.3) is 0 Å². The fraction of sp³-hybridized carbons (Fsp3) is 0.400. The first-order valence-electron chi connectivity index (χ1n) is 6.39. The molecule has 1 N–H and O–H groups in total. The van der Waals surface area contributed by atoms with Crippen LogP contribution in [-0.2, 0) is 23.9 Å². The van der Waals surface area contributed by atoms with Gasteiger partial charge >= 0.3 is 11.9 Å². The van der Waals surface area contributed by atoms with Crippen LogP contribution >= 0.6 is 0 Å². The zero-order chi connectivity index (χ0) is 16.3. The zero-order valence-corrected chi connectivity index (χ0v) is 12.4. The van der Waals surface area contributed by atoms with Crippen LogP contribution in [0.2, 0.25) is 0 Å². The Morgan fingerprint density at radius 2 is 2.00 bits per heavy atom. The number of allylic oxidation sites excluding steroid dienone is 2. The first-order chi connectivity index (χ1) is 9.94. The van der Waals surface area contributed by atoms with E-state index in [0.29, 0.717) is 5.57 Å². The quantitative estimate of drug-likeness (QED) is 0.515. The number of ether oxygens (including phenoxy) is 2. The third-order valence-corrected chi connectivity index (χ3v) is 2.49. The number of amides is 1. The minimum Gasteiger partial charge on any atom is -0.467 e. The molecule has 118 valence electrons. The second kappa shape index (κ2) is 10.4. The second-order valence-corrected chi connectivity index (χ2v) is 4.16. The number of carbonyl (C=O) groups is 3. The molecule has 0 aromatic rings. The number of esters is 2. The van der Waals surface area contributed by atoms with Crippen molar-refractivity contribution in [1.29, 1.82) is 0 Å². The van der Waals surface area contributed by atoms with Gasteiger partial charge in [0.25, 0.3) is 0 Å². The van der Waals surface area contributed by atoms with E-state index in [1.54, 1.807) is 18.2 Å².